The van der Waals surface area contributed by atoms with Crippen LogP contribution in [0, 0.1) is 0 Å². The zero-order valence-electron chi connectivity index (χ0n) is 14.9. The van der Waals surface area contributed by atoms with Crippen molar-refractivity contribution < 1.29 is 0 Å². The minimum atomic E-state index is 0.646. The predicted octanol–water partition coefficient (Wildman–Crippen LogP) is 2.84. The number of nitrogens with one attached hydrogen (secondary N) is 2. The molecule has 0 aliphatic carbocycles. The topological polar surface area (TPSA) is 67.1 Å². The van der Waals surface area contributed by atoms with Gasteiger partial charge in [-0.1, -0.05) is 43.3 Å². The third-order valence-electron chi connectivity index (χ3n) is 3.93. The highest BCUT2D eigenvalue weighted by Gasteiger charge is 2.03. The van der Waals surface area contributed by atoms with Gasteiger partial charge >= 0.3 is 0 Å². The van der Waals surface area contributed by atoms with Gasteiger partial charge in [0.05, 0.1) is 13.1 Å². The summed E-state index contributed by atoms with van der Waals surface area (Å²) in [4.78, 5) is 6.00. The van der Waals surface area contributed by atoms with Crippen molar-refractivity contribution in [3.8, 4) is 0 Å². The van der Waals surface area contributed by atoms with Crippen molar-refractivity contribution in [2.75, 3.05) is 6.54 Å². The summed E-state index contributed by atoms with van der Waals surface area (Å²) in [7, 11) is 0. The monoisotopic (exact) mass is 368 g/mol. The number of aromatic nitrogens is 3. The molecule has 0 radical (unpaired) electrons. The van der Waals surface area contributed by atoms with Crippen LogP contribution in [-0.4, -0.2) is 27.3 Å². The molecule has 2 aromatic heterocycles. The highest BCUT2D eigenvalue weighted by atomic mass is 32.1. The van der Waals surface area contributed by atoms with Gasteiger partial charge in [0.2, 0.25) is 0 Å². The Kier molecular flexibility index (Phi) is 6.78. The number of aliphatic imine (C=N–C) groups is 1. The SMILES string of the molecule is CCc1nncn1CCNC(=NCc1ccccc1)NCc1cccs1. The lowest BCUT2D eigenvalue weighted by Gasteiger charge is -2.13. The summed E-state index contributed by atoms with van der Waals surface area (Å²) in [5.74, 6) is 1.81. The lowest BCUT2D eigenvalue weighted by molar-refractivity contribution is 0.631. The van der Waals surface area contributed by atoms with Crippen molar-refractivity contribution in [3.05, 3.63) is 70.4 Å². The Bertz CT molecular complexity index is 795. The molecular weight excluding hydrogens is 344 g/mol. The van der Waals surface area contributed by atoms with Crippen LogP contribution < -0.4 is 10.6 Å². The summed E-state index contributed by atoms with van der Waals surface area (Å²) in [6, 6.07) is 14.5. The van der Waals surface area contributed by atoms with Gasteiger partial charge in [-0.3, -0.25) is 0 Å². The molecule has 1 aromatic carbocycles. The fraction of sp³-hybridized carbons (Fsp3) is 0.316. The maximum atomic E-state index is 4.71. The second-order valence-electron chi connectivity index (χ2n) is 5.80. The first kappa shape index (κ1) is 18.1. The maximum absolute atomic E-state index is 4.71. The summed E-state index contributed by atoms with van der Waals surface area (Å²) in [5, 5.41) is 17.0. The van der Waals surface area contributed by atoms with E-state index in [-0.39, 0.29) is 0 Å². The summed E-state index contributed by atoms with van der Waals surface area (Å²) < 4.78 is 2.07. The standard InChI is InChI=1S/C19H24N6S/c1-2-18-24-23-15-25(18)11-10-20-19(22-14-17-9-6-12-26-17)21-13-16-7-4-3-5-8-16/h3-9,12,15H,2,10-11,13-14H2,1H3,(H2,20,21,22). The van der Waals surface area contributed by atoms with Crippen LogP contribution in [0.3, 0.4) is 0 Å². The van der Waals surface area contributed by atoms with Crippen molar-refractivity contribution in [2.45, 2.75) is 33.0 Å². The summed E-state index contributed by atoms with van der Waals surface area (Å²) >= 11 is 1.74. The number of rotatable bonds is 8. The highest BCUT2D eigenvalue weighted by Crippen LogP contribution is 2.07. The molecule has 3 aromatic rings. The molecule has 7 heteroatoms. The smallest absolute Gasteiger partial charge is 0.191 e. The molecule has 0 saturated carbocycles. The van der Waals surface area contributed by atoms with Crippen molar-refractivity contribution >= 4 is 17.3 Å². The van der Waals surface area contributed by atoms with Gasteiger partial charge in [-0.25, -0.2) is 4.99 Å². The lowest BCUT2D eigenvalue weighted by Crippen LogP contribution is -2.38. The van der Waals surface area contributed by atoms with Crippen LogP contribution >= 0.6 is 11.3 Å². The maximum Gasteiger partial charge on any atom is 0.191 e. The van der Waals surface area contributed by atoms with E-state index in [1.54, 1.807) is 17.7 Å². The van der Waals surface area contributed by atoms with Gasteiger partial charge in [-0.15, -0.1) is 21.5 Å². The molecule has 0 fully saturated rings. The predicted molar refractivity (Wildman–Crippen MR) is 106 cm³/mol. The van der Waals surface area contributed by atoms with Gasteiger partial charge in [-0.2, -0.15) is 0 Å². The van der Waals surface area contributed by atoms with E-state index in [4.69, 9.17) is 4.99 Å². The minimum Gasteiger partial charge on any atom is -0.355 e. The van der Waals surface area contributed by atoms with Crippen LogP contribution in [0.1, 0.15) is 23.2 Å². The highest BCUT2D eigenvalue weighted by molar-refractivity contribution is 7.09. The fourth-order valence-electron chi connectivity index (χ4n) is 2.55. The molecule has 0 atom stereocenters. The summed E-state index contributed by atoms with van der Waals surface area (Å²) in [6.07, 6.45) is 2.66. The molecule has 0 saturated heterocycles. The molecule has 0 aliphatic heterocycles. The first-order chi connectivity index (χ1) is 12.8. The molecule has 3 rings (SSSR count). The Labute approximate surface area is 158 Å². The van der Waals surface area contributed by atoms with Crippen LogP contribution in [0.4, 0.5) is 0 Å². The molecule has 0 aliphatic rings. The van der Waals surface area contributed by atoms with Crippen molar-refractivity contribution in [1.29, 1.82) is 0 Å². The lowest BCUT2D eigenvalue weighted by atomic mass is 10.2. The number of hydrogen-bond donors (Lipinski definition) is 2. The largest absolute Gasteiger partial charge is 0.355 e. The van der Waals surface area contributed by atoms with E-state index in [1.807, 2.05) is 18.2 Å². The van der Waals surface area contributed by atoms with Gasteiger partial charge in [0.15, 0.2) is 5.96 Å². The Hall–Kier alpha value is -2.67. The van der Waals surface area contributed by atoms with Crippen LogP contribution in [0.2, 0.25) is 0 Å². The van der Waals surface area contributed by atoms with Crippen molar-refractivity contribution in [1.82, 2.24) is 25.4 Å². The Morgan fingerprint density at radius 1 is 1.15 bits per heavy atom. The first-order valence-electron chi connectivity index (χ1n) is 8.80. The van der Waals surface area contributed by atoms with Crippen LogP contribution in [-0.2, 0) is 26.1 Å². The second kappa shape index (κ2) is 9.72. The third-order valence-corrected chi connectivity index (χ3v) is 4.81. The summed E-state index contributed by atoms with van der Waals surface area (Å²) in [6.45, 7) is 5.07. The Balaban J connectivity index is 1.58. The van der Waals surface area contributed by atoms with E-state index >= 15 is 0 Å². The van der Waals surface area contributed by atoms with Gasteiger partial charge in [0.1, 0.15) is 12.2 Å². The molecule has 0 bridgehead atoms. The number of nitrogens with zero attached hydrogens (tertiary/aromatic N) is 4. The van der Waals surface area contributed by atoms with E-state index in [9.17, 15) is 0 Å². The van der Waals surface area contributed by atoms with Gasteiger partial charge in [0, 0.05) is 24.4 Å². The molecule has 136 valence electrons. The minimum absolute atomic E-state index is 0.646. The molecule has 2 heterocycles. The van der Waals surface area contributed by atoms with E-state index in [0.29, 0.717) is 6.54 Å². The number of thiophene rings is 1. The average molecular weight is 369 g/mol. The van der Waals surface area contributed by atoms with E-state index < -0.39 is 0 Å². The number of guanidine groups is 1. The van der Waals surface area contributed by atoms with E-state index in [2.05, 4.69) is 62.0 Å². The average Bonchev–Trinajstić information content (AvgIpc) is 3.36. The van der Waals surface area contributed by atoms with E-state index in [0.717, 1.165) is 37.8 Å². The molecule has 26 heavy (non-hydrogen) atoms. The first-order valence-corrected chi connectivity index (χ1v) is 9.68. The number of aryl methyl sites for hydroxylation is 1. The van der Waals surface area contributed by atoms with Crippen molar-refractivity contribution in [2.24, 2.45) is 4.99 Å². The Morgan fingerprint density at radius 3 is 2.81 bits per heavy atom. The van der Waals surface area contributed by atoms with Crippen LogP contribution in [0.15, 0.2) is 59.2 Å². The zero-order valence-corrected chi connectivity index (χ0v) is 15.7. The molecule has 6 nitrogen and oxygen atoms in total. The summed E-state index contributed by atoms with van der Waals surface area (Å²) in [5.41, 5.74) is 1.19. The fourth-order valence-corrected chi connectivity index (χ4v) is 3.19. The molecular formula is C19H24N6S. The third kappa shape index (κ3) is 5.42. The molecule has 0 amide bonds. The second-order valence-corrected chi connectivity index (χ2v) is 6.84. The normalized spacial score (nSPS) is 11.5. The zero-order chi connectivity index (χ0) is 18.0. The van der Waals surface area contributed by atoms with Crippen molar-refractivity contribution in [3.63, 3.8) is 0 Å². The Morgan fingerprint density at radius 2 is 2.04 bits per heavy atom. The van der Waals surface area contributed by atoms with Crippen LogP contribution in [0.5, 0.6) is 0 Å². The van der Waals surface area contributed by atoms with E-state index in [1.165, 1.54) is 10.4 Å². The van der Waals surface area contributed by atoms with Crippen LogP contribution in [0.25, 0.3) is 0 Å². The molecule has 2 N–H and O–H groups in total. The quantitative estimate of drug-likeness (QED) is 0.474. The van der Waals surface area contributed by atoms with Gasteiger partial charge < -0.3 is 15.2 Å². The molecule has 0 spiro atoms. The van der Waals surface area contributed by atoms with Gasteiger partial charge in [0.25, 0.3) is 0 Å². The number of benzene rings is 1. The molecule has 0 unspecified atom stereocenters. The number of hydrogen-bond acceptors (Lipinski definition) is 4. The van der Waals surface area contributed by atoms with Gasteiger partial charge in [-0.05, 0) is 17.0 Å².